The van der Waals surface area contributed by atoms with Gasteiger partial charge in [0.15, 0.2) is 0 Å². The third-order valence-electron chi connectivity index (χ3n) is 8.35. The fraction of sp³-hybridized carbons (Fsp3) is 0.536. The molecular weight excluding hydrogens is 531 g/mol. The van der Waals surface area contributed by atoms with Crippen LogP contribution in [0.25, 0.3) is 0 Å². The normalized spacial score (nSPS) is 20.6. The summed E-state index contributed by atoms with van der Waals surface area (Å²) in [5.74, 6) is 0.452. The zero-order chi connectivity index (χ0) is 24.5. The van der Waals surface area contributed by atoms with Crippen LogP contribution in [0.3, 0.4) is 0 Å². The third-order valence-corrected chi connectivity index (χ3v) is 8.58. The van der Waals surface area contributed by atoms with Gasteiger partial charge in [-0.15, -0.1) is 24.8 Å². The van der Waals surface area contributed by atoms with Crippen LogP contribution in [0.4, 0.5) is 0 Å². The third kappa shape index (κ3) is 6.78. The largest absolute Gasteiger partial charge is 0.349 e. The fourth-order valence-electron chi connectivity index (χ4n) is 5.53. The van der Waals surface area contributed by atoms with Crippen LogP contribution in [-0.4, -0.2) is 52.8 Å². The highest BCUT2D eigenvalue weighted by molar-refractivity contribution is 6.30. The first kappa shape index (κ1) is 29.7. The van der Waals surface area contributed by atoms with Gasteiger partial charge in [-0.2, -0.15) is 0 Å². The number of aromatic nitrogens is 1. The minimum Gasteiger partial charge on any atom is -0.349 e. The minimum atomic E-state index is -0.209. The molecule has 2 aliphatic heterocycles. The lowest BCUT2D eigenvalue weighted by atomic mass is 9.77. The number of pyridine rings is 1. The van der Waals surface area contributed by atoms with Crippen molar-refractivity contribution < 1.29 is 9.59 Å². The average molecular weight is 568 g/mol. The zero-order valence-electron chi connectivity index (χ0n) is 21.3. The smallest absolute Gasteiger partial charge is 0.229 e. The van der Waals surface area contributed by atoms with E-state index in [9.17, 15) is 9.59 Å². The molecule has 1 unspecified atom stereocenters. The molecule has 1 aromatic carbocycles. The summed E-state index contributed by atoms with van der Waals surface area (Å²) in [4.78, 5) is 34.8. The number of nitrogens with zero attached hydrogens (tertiary/aromatic N) is 3. The molecule has 3 fully saturated rings. The fourth-order valence-corrected chi connectivity index (χ4v) is 5.73. The zero-order valence-corrected chi connectivity index (χ0v) is 23.7. The van der Waals surface area contributed by atoms with Gasteiger partial charge in [-0.05, 0) is 80.9 Å². The van der Waals surface area contributed by atoms with Gasteiger partial charge in [0.25, 0.3) is 0 Å². The van der Waals surface area contributed by atoms with Gasteiger partial charge in [-0.1, -0.05) is 36.7 Å². The molecule has 2 amide bonds. The summed E-state index contributed by atoms with van der Waals surface area (Å²) in [7, 11) is 0. The molecule has 1 saturated carbocycles. The Balaban J connectivity index is 0.00000190. The minimum absolute atomic E-state index is 0. The van der Waals surface area contributed by atoms with Crippen LogP contribution >= 0.6 is 36.4 Å². The molecule has 1 spiro atoms. The van der Waals surface area contributed by atoms with Crippen molar-refractivity contribution in [2.24, 2.45) is 10.8 Å². The molecule has 1 aliphatic carbocycles. The lowest BCUT2D eigenvalue weighted by molar-refractivity contribution is -0.139. The van der Waals surface area contributed by atoms with Crippen molar-refractivity contribution in [3.05, 3.63) is 64.9 Å². The van der Waals surface area contributed by atoms with Crippen molar-refractivity contribution >= 4 is 48.2 Å². The number of nitrogens with one attached hydrogen (secondary N) is 1. The Bertz CT molecular complexity index is 1070. The highest BCUT2D eigenvalue weighted by Crippen LogP contribution is 2.46. The number of carbonyl (C=O) groups excluding carboxylic acids is 2. The summed E-state index contributed by atoms with van der Waals surface area (Å²) in [6.45, 7) is 6.24. The predicted octanol–water partition coefficient (Wildman–Crippen LogP) is 5.44. The van der Waals surface area contributed by atoms with Gasteiger partial charge in [-0.25, -0.2) is 0 Å². The lowest BCUT2D eigenvalue weighted by Crippen LogP contribution is -2.45. The molecule has 1 aromatic heterocycles. The van der Waals surface area contributed by atoms with E-state index in [2.05, 4.69) is 15.2 Å². The second-order valence-corrected chi connectivity index (χ2v) is 11.3. The Kier molecular flexibility index (Phi) is 9.90. The van der Waals surface area contributed by atoms with E-state index in [0.717, 1.165) is 75.8 Å². The second kappa shape index (κ2) is 12.3. The van der Waals surface area contributed by atoms with E-state index in [1.165, 1.54) is 0 Å². The summed E-state index contributed by atoms with van der Waals surface area (Å²) >= 11 is 6.26. The Morgan fingerprint density at radius 3 is 2.46 bits per heavy atom. The van der Waals surface area contributed by atoms with Gasteiger partial charge >= 0.3 is 0 Å². The maximum atomic E-state index is 13.3. The van der Waals surface area contributed by atoms with E-state index in [-0.39, 0.29) is 47.6 Å². The molecule has 1 N–H and O–H groups in total. The standard InChI is InChI=1S/C28H35ClN4O2.2ClH/c1-27(8-9-27)25(34)31-24(22-5-2-6-23(29)18-22)7-14-32-15-10-28(11-16-32)12-17-33(26(28)35)20-21-4-3-13-30-19-21;;/h2-6,13,18-19,24H,7-12,14-17,20H2,1H3,(H,31,34);2*1H. The number of carbonyl (C=O) groups is 2. The molecular formula is C28H37Cl3N4O2. The Labute approximate surface area is 237 Å². The molecule has 6 nitrogen and oxygen atoms in total. The van der Waals surface area contributed by atoms with E-state index in [1.807, 2.05) is 54.4 Å². The quantitative estimate of drug-likeness (QED) is 0.461. The topological polar surface area (TPSA) is 65.5 Å². The van der Waals surface area contributed by atoms with Gasteiger partial charge < -0.3 is 15.1 Å². The number of hydrogen-bond donors (Lipinski definition) is 1. The van der Waals surface area contributed by atoms with Crippen LogP contribution < -0.4 is 5.32 Å². The molecule has 3 aliphatic rings. The summed E-state index contributed by atoms with van der Waals surface area (Å²) in [5, 5.41) is 3.99. The molecule has 0 radical (unpaired) electrons. The highest BCUT2D eigenvalue weighted by Gasteiger charge is 2.48. The predicted molar refractivity (Wildman–Crippen MR) is 151 cm³/mol. The molecule has 2 saturated heterocycles. The second-order valence-electron chi connectivity index (χ2n) is 10.9. The SMILES string of the molecule is CC1(C(=O)NC(CCN2CCC3(CC2)CCN(Cc2cccnc2)C3=O)c2cccc(Cl)c2)CC1.Cl.Cl. The highest BCUT2D eigenvalue weighted by atomic mass is 35.5. The molecule has 2 aromatic rings. The van der Waals surface area contributed by atoms with Gasteiger partial charge in [-0.3, -0.25) is 14.6 Å². The van der Waals surface area contributed by atoms with E-state index in [1.54, 1.807) is 6.20 Å². The van der Waals surface area contributed by atoms with Gasteiger partial charge in [0, 0.05) is 42.5 Å². The van der Waals surface area contributed by atoms with Crippen molar-refractivity contribution in [2.75, 3.05) is 26.2 Å². The van der Waals surface area contributed by atoms with Gasteiger partial charge in [0.2, 0.25) is 11.8 Å². The van der Waals surface area contributed by atoms with E-state index < -0.39 is 0 Å². The maximum absolute atomic E-state index is 13.3. The monoisotopic (exact) mass is 566 g/mol. The van der Waals surface area contributed by atoms with Crippen LogP contribution in [0.5, 0.6) is 0 Å². The van der Waals surface area contributed by atoms with Crippen molar-refractivity contribution in [2.45, 2.75) is 58.0 Å². The number of amides is 2. The Morgan fingerprint density at radius 1 is 1.08 bits per heavy atom. The number of halogens is 3. The number of rotatable bonds is 8. The number of likely N-dealkylation sites (tertiary alicyclic amines) is 2. The van der Waals surface area contributed by atoms with Crippen molar-refractivity contribution in [1.82, 2.24) is 20.1 Å². The van der Waals surface area contributed by atoms with Crippen LogP contribution in [-0.2, 0) is 16.1 Å². The first-order chi connectivity index (χ1) is 16.9. The van der Waals surface area contributed by atoms with Crippen molar-refractivity contribution in [3.8, 4) is 0 Å². The van der Waals surface area contributed by atoms with Crippen molar-refractivity contribution in [3.63, 3.8) is 0 Å². The van der Waals surface area contributed by atoms with Gasteiger partial charge in [0.05, 0.1) is 11.5 Å². The molecule has 0 bridgehead atoms. The number of piperidine rings is 1. The van der Waals surface area contributed by atoms with Crippen LogP contribution in [0, 0.1) is 10.8 Å². The molecule has 3 heterocycles. The Hall–Kier alpha value is -1.86. The van der Waals surface area contributed by atoms with E-state index >= 15 is 0 Å². The van der Waals surface area contributed by atoms with Crippen LogP contribution in [0.15, 0.2) is 48.8 Å². The van der Waals surface area contributed by atoms with Crippen LogP contribution in [0.1, 0.15) is 62.6 Å². The first-order valence-electron chi connectivity index (χ1n) is 12.8. The average Bonchev–Trinajstić information content (AvgIpc) is 3.57. The lowest BCUT2D eigenvalue weighted by Gasteiger charge is -2.38. The Morgan fingerprint density at radius 2 is 1.81 bits per heavy atom. The van der Waals surface area contributed by atoms with E-state index in [0.29, 0.717) is 17.5 Å². The van der Waals surface area contributed by atoms with Gasteiger partial charge in [0.1, 0.15) is 0 Å². The van der Waals surface area contributed by atoms with Crippen molar-refractivity contribution in [1.29, 1.82) is 0 Å². The summed E-state index contributed by atoms with van der Waals surface area (Å²) in [6, 6.07) is 11.7. The summed E-state index contributed by atoms with van der Waals surface area (Å²) in [5.41, 5.74) is 1.73. The molecule has 5 rings (SSSR count). The van der Waals surface area contributed by atoms with E-state index in [4.69, 9.17) is 11.6 Å². The number of hydrogen-bond acceptors (Lipinski definition) is 4. The number of benzene rings is 1. The molecule has 9 heteroatoms. The van der Waals surface area contributed by atoms with Crippen LogP contribution in [0.2, 0.25) is 5.02 Å². The summed E-state index contributed by atoms with van der Waals surface area (Å²) < 4.78 is 0. The molecule has 202 valence electrons. The summed E-state index contributed by atoms with van der Waals surface area (Å²) in [6.07, 6.45) is 9.11. The maximum Gasteiger partial charge on any atom is 0.229 e. The molecule has 1 atom stereocenters. The molecule has 37 heavy (non-hydrogen) atoms. The first-order valence-corrected chi connectivity index (χ1v) is 13.2.